The molecule has 0 fully saturated rings. The lowest BCUT2D eigenvalue weighted by Crippen LogP contribution is -2.33. The van der Waals surface area contributed by atoms with Gasteiger partial charge in [-0.25, -0.2) is 0 Å². The zero-order valence-electron chi connectivity index (χ0n) is 9.44. The van der Waals surface area contributed by atoms with Crippen LogP contribution in [0, 0.1) is 11.8 Å². The maximum atomic E-state index is 5.86. The van der Waals surface area contributed by atoms with Gasteiger partial charge in [-0.05, 0) is 31.2 Å². The Kier molecular flexibility index (Phi) is 7.78. The van der Waals surface area contributed by atoms with Crippen LogP contribution < -0.4 is 5.32 Å². The van der Waals surface area contributed by atoms with E-state index < -0.39 is 0 Å². The summed E-state index contributed by atoms with van der Waals surface area (Å²) in [6.07, 6.45) is 2.42. The quantitative estimate of drug-likeness (QED) is 0.630. The summed E-state index contributed by atoms with van der Waals surface area (Å²) in [5.41, 5.74) is 0. The van der Waals surface area contributed by atoms with Crippen molar-refractivity contribution in [2.24, 2.45) is 11.8 Å². The summed E-state index contributed by atoms with van der Waals surface area (Å²) in [7, 11) is 0. The molecule has 0 aromatic heterocycles. The van der Waals surface area contributed by atoms with Crippen LogP contribution in [0.2, 0.25) is 0 Å². The van der Waals surface area contributed by atoms with E-state index in [-0.39, 0.29) is 0 Å². The number of halogens is 1. The van der Waals surface area contributed by atoms with Crippen molar-refractivity contribution < 1.29 is 0 Å². The Hall–Kier alpha value is 0.250. The van der Waals surface area contributed by atoms with Crippen LogP contribution in [-0.2, 0) is 0 Å². The van der Waals surface area contributed by atoms with Crippen LogP contribution in [0.3, 0.4) is 0 Å². The molecule has 0 bridgehead atoms. The molecule has 0 aliphatic rings. The average molecular weight is 206 g/mol. The highest BCUT2D eigenvalue weighted by molar-refractivity contribution is 6.18. The number of nitrogens with one attached hydrogen (secondary N) is 1. The zero-order valence-corrected chi connectivity index (χ0v) is 10.2. The van der Waals surface area contributed by atoms with Gasteiger partial charge in [0, 0.05) is 11.9 Å². The number of alkyl halides is 1. The smallest absolute Gasteiger partial charge is 0.0377 e. The maximum absolute atomic E-state index is 5.86. The lowest BCUT2D eigenvalue weighted by molar-refractivity contribution is 0.426. The zero-order chi connectivity index (χ0) is 10.3. The molecule has 1 unspecified atom stereocenters. The third kappa shape index (κ3) is 8.58. The Labute approximate surface area is 88.2 Å². The Morgan fingerprint density at radius 2 is 1.69 bits per heavy atom. The van der Waals surface area contributed by atoms with Gasteiger partial charge in [-0.2, -0.15) is 0 Å². The normalized spacial score (nSPS) is 14.1. The molecule has 2 heteroatoms. The summed E-state index contributed by atoms with van der Waals surface area (Å²) >= 11 is 5.86. The van der Waals surface area contributed by atoms with Gasteiger partial charge in [0.2, 0.25) is 0 Å². The third-order valence-electron chi connectivity index (χ3n) is 2.10. The molecule has 0 radical (unpaired) electrons. The summed E-state index contributed by atoms with van der Waals surface area (Å²) in [6, 6.07) is 0.500. The minimum absolute atomic E-state index is 0.500. The molecule has 0 aliphatic heterocycles. The molecule has 80 valence electrons. The first-order valence-corrected chi connectivity index (χ1v) is 5.89. The number of hydrogen-bond donors (Lipinski definition) is 1. The molecule has 1 N–H and O–H groups in total. The monoisotopic (exact) mass is 205 g/mol. The Balaban J connectivity index is 3.48. The molecular formula is C11H24ClN. The first-order chi connectivity index (χ1) is 6.06. The number of rotatable bonds is 7. The fourth-order valence-corrected chi connectivity index (χ4v) is 1.58. The van der Waals surface area contributed by atoms with Crippen LogP contribution in [0.5, 0.6) is 0 Å². The second kappa shape index (κ2) is 7.64. The van der Waals surface area contributed by atoms with E-state index in [9.17, 15) is 0 Å². The Morgan fingerprint density at radius 1 is 1.08 bits per heavy atom. The third-order valence-corrected chi connectivity index (χ3v) is 2.47. The standard InChI is InChI=1S/C11H24ClN/c1-9(2)5-6-13-11(8-12)7-10(3)4/h9-11,13H,5-8H2,1-4H3. The van der Waals surface area contributed by atoms with Crippen LogP contribution >= 0.6 is 11.6 Å². The first kappa shape index (κ1) is 13.2. The molecule has 0 rings (SSSR count). The summed E-state index contributed by atoms with van der Waals surface area (Å²) < 4.78 is 0. The van der Waals surface area contributed by atoms with Crippen molar-refractivity contribution in [1.82, 2.24) is 5.32 Å². The van der Waals surface area contributed by atoms with Crippen molar-refractivity contribution in [3.05, 3.63) is 0 Å². The molecular weight excluding hydrogens is 182 g/mol. The first-order valence-electron chi connectivity index (χ1n) is 5.35. The van der Waals surface area contributed by atoms with Gasteiger partial charge in [0.25, 0.3) is 0 Å². The van der Waals surface area contributed by atoms with Gasteiger partial charge in [-0.15, -0.1) is 11.6 Å². The molecule has 0 heterocycles. The molecule has 0 amide bonds. The van der Waals surface area contributed by atoms with Gasteiger partial charge in [0.15, 0.2) is 0 Å². The molecule has 0 spiro atoms. The minimum Gasteiger partial charge on any atom is -0.313 e. The molecule has 0 saturated heterocycles. The highest BCUT2D eigenvalue weighted by atomic mass is 35.5. The summed E-state index contributed by atoms with van der Waals surface area (Å²) in [6.45, 7) is 10.1. The molecule has 0 aromatic carbocycles. The molecule has 0 aliphatic carbocycles. The van der Waals surface area contributed by atoms with Gasteiger partial charge in [0.05, 0.1) is 0 Å². The van der Waals surface area contributed by atoms with E-state index in [0.29, 0.717) is 6.04 Å². The Morgan fingerprint density at radius 3 is 2.08 bits per heavy atom. The topological polar surface area (TPSA) is 12.0 Å². The highest BCUT2D eigenvalue weighted by Crippen LogP contribution is 2.06. The summed E-state index contributed by atoms with van der Waals surface area (Å²) in [5.74, 6) is 2.24. The predicted octanol–water partition coefficient (Wildman–Crippen LogP) is 3.28. The maximum Gasteiger partial charge on any atom is 0.0377 e. The molecule has 13 heavy (non-hydrogen) atoms. The molecule has 1 nitrogen and oxygen atoms in total. The van der Waals surface area contributed by atoms with Crippen LogP contribution in [0.1, 0.15) is 40.5 Å². The van der Waals surface area contributed by atoms with Crippen molar-refractivity contribution in [3.63, 3.8) is 0 Å². The largest absolute Gasteiger partial charge is 0.313 e. The SMILES string of the molecule is CC(C)CCNC(CCl)CC(C)C. The summed E-state index contributed by atoms with van der Waals surface area (Å²) in [5, 5.41) is 3.50. The molecule has 0 aromatic rings. The lowest BCUT2D eigenvalue weighted by Gasteiger charge is -2.18. The highest BCUT2D eigenvalue weighted by Gasteiger charge is 2.08. The average Bonchev–Trinajstić information content (AvgIpc) is 2.01. The van der Waals surface area contributed by atoms with Gasteiger partial charge in [-0.3, -0.25) is 0 Å². The van der Waals surface area contributed by atoms with Gasteiger partial charge < -0.3 is 5.32 Å². The summed E-state index contributed by atoms with van der Waals surface area (Å²) in [4.78, 5) is 0. The van der Waals surface area contributed by atoms with Crippen molar-refractivity contribution in [2.45, 2.75) is 46.6 Å². The van der Waals surface area contributed by atoms with Crippen molar-refractivity contribution in [2.75, 3.05) is 12.4 Å². The van der Waals surface area contributed by atoms with Gasteiger partial charge in [0.1, 0.15) is 0 Å². The molecule has 0 saturated carbocycles. The number of hydrogen-bond acceptors (Lipinski definition) is 1. The van der Waals surface area contributed by atoms with Crippen molar-refractivity contribution >= 4 is 11.6 Å². The lowest BCUT2D eigenvalue weighted by atomic mass is 10.0. The van der Waals surface area contributed by atoms with Gasteiger partial charge >= 0.3 is 0 Å². The minimum atomic E-state index is 0.500. The van der Waals surface area contributed by atoms with E-state index in [1.807, 2.05) is 0 Å². The fourth-order valence-electron chi connectivity index (χ4n) is 1.35. The van der Waals surface area contributed by atoms with E-state index in [4.69, 9.17) is 11.6 Å². The van der Waals surface area contributed by atoms with E-state index in [2.05, 4.69) is 33.0 Å². The fraction of sp³-hybridized carbons (Fsp3) is 1.00. The van der Waals surface area contributed by atoms with Crippen LogP contribution in [0.4, 0.5) is 0 Å². The van der Waals surface area contributed by atoms with Gasteiger partial charge in [-0.1, -0.05) is 27.7 Å². The second-order valence-corrected chi connectivity index (χ2v) is 4.93. The van der Waals surface area contributed by atoms with E-state index in [0.717, 1.165) is 24.3 Å². The molecule has 1 atom stereocenters. The predicted molar refractivity (Wildman–Crippen MR) is 61.4 cm³/mol. The van der Waals surface area contributed by atoms with Crippen molar-refractivity contribution in [3.8, 4) is 0 Å². The van der Waals surface area contributed by atoms with Crippen LogP contribution in [0.25, 0.3) is 0 Å². The van der Waals surface area contributed by atoms with E-state index in [1.165, 1.54) is 12.8 Å². The van der Waals surface area contributed by atoms with E-state index in [1.54, 1.807) is 0 Å². The van der Waals surface area contributed by atoms with Crippen LogP contribution in [0.15, 0.2) is 0 Å². The van der Waals surface area contributed by atoms with E-state index >= 15 is 0 Å². The van der Waals surface area contributed by atoms with Crippen LogP contribution in [-0.4, -0.2) is 18.5 Å². The van der Waals surface area contributed by atoms with Crippen molar-refractivity contribution in [1.29, 1.82) is 0 Å². The second-order valence-electron chi connectivity index (χ2n) is 4.62. The Bertz CT molecular complexity index is 113.